The van der Waals surface area contributed by atoms with Gasteiger partial charge in [0.15, 0.2) is 6.29 Å². The van der Waals surface area contributed by atoms with E-state index in [9.17, 15) is 5.11 Å². The van der Waals surface area contributed by atoms with Crippen molar-refractivity contribution in [3.8, 4) is 0 Å². The summed E-state index contributed by atoms with van der Waals surface area (Å²) >= 11 is 0. The van der Waals surface area contributed by atoms with Crippen molar-refractivity contribution in [2.45, 2.75) is 37.6 Å². The van der Waals surface area contributed by atoms with Gasteiger partial charge in [0.25, 0.3) is 0 Å². The summed E-state index contributed by atoms with van der Waals surface area (Å²) in [6, 6.07) is -0.929. The van der Waals surface area contributed by atoms with Crippen LogP contribution in [0.15, 0.2) is 0 Å². The maximum atomic E-state index is 9.17. The van der Waals surface area contributed by atoms with E-state index in [1.807, 2.05) is 0 Å². The van der Waals surface area contributed by atoms with E-state index >= 15 is 0 Å². The standard InChI is InChI=1S/C6H13NO4/c1-2-4(8)5(9)3(7)6(10)11-2/h2-6,8-10H,7H2,1H3/t2-,3+,4-,5-,6?/m0/s1. The molecule has 0 aromatic carbocycles. The molecule has 11 heavy (non-hydrogen) atoms. The van der Waals surface area contributed by atoms with Crippen LogP contribution in [-0.2, 0) is 4.74 Å². The number of hydrogen-bond acceptors (Lipinski definition) is 5. The molecule has 0 aromatic heterocycles. The van der Waals surface area contributed by atoms with Crippen molar-refractivity contribution >= 4 is 0 Å². The van der Waals surface area contributed by atoms with Gasteiger partial charge >= 0.3 is 0 Å². The topological polar surface area (TPSA) is 95.9 Å². The highest BCUT2D eigenvalue weighted by molar-refractivity contribution is 4.88. The molecule has 66 valence electrons. The molecule has 0 radical (unpaired) electrons. The smallest absolute Gasteiger partial charge is 0.172 e. The van der Waals surface area contributed by atoms with Gasteiger partial charge in [0.1, 0.15) is 12.2 Å². The molecule has 1 heterocycles. The van der Waals surface area contributed by atoms with E-state index in [1.54, 1.807) is 6.92 Å². The molecule has 1 unspecified atom stereocenters. The van der Waals surface area contributed by atoms with Crippen molar-refractivity contribution in [2.24, 2.45) is 5.73 Å². The fraction of sp³-hybridized carbons (Fsp3) is 1.00. The molecule has 5 atom stereocenters. The molecule has 5 heteroatoms. The van der Waals surface area contributed by atoms with Gasteiger partial charge in [-0.15, -0.1) is 0 Å². The molecule has 5 N–H and O–H groups in total. The molecule has 1 aliphatic rings. The lowest BCUT2D eigenvalue weighted by atomic mass is 9.99. The van der Waals surface area contributed by atoms with Crippen LogP contribution in [-0.4, -0.2) is 46.0 Å². The minimum atomic E-state index is -1.19. The van der Waals surface area contributed by atoms with E-state index in [0.717, 1.165) is 0 Å². The van der Waals surface area contributed by atoms with E-state index in [4.69, 9.17) is 20.7 Å². The van der Waals surface area contributed by atoms with Crippen molar-refractivity contribution in [3.05, 3.63) is 0 Å². The van der Waals surface area contributed by atoms with E-state index in [1.165, 1.54) is 0 Å². The average Bonchev–Trinajstić information content (AvgIpc) is 1.97. The Kier molecular flexibility index (Phi) is 2.46. The van der Waals surface area contributed by atoms with Crippen LogP contribution in [0.25, 0.3) is 0 Å². The third-order valence-corrected chi connectivity index (χ3v) is 1.91. The molecular weight excluding hydrogens is 150 g/mol. The summed E-state index contributed by atoms with van der Waals surface area (Å²) in [5.41, 5.74) is 5.29. The normalized spacial score (nSPS) is 52.6. The largest absolute Gasteiger partial charge is 0.388 e. The number of rotatable bonds is 0. The maximum absolute atomic E-state index is 9.17. The summed E-state index contributed by atoms with van der Waals surface area (Å²) in [5.74, 6) is 0. The Labute approximate surface area is 64.4 Å². The van der Waals surface area contributed by atoms with Crippen LogP contribution < -0.4 is 5.73 Å². The lowest BCUT2D eigenvalue weighted by Gasteiger charge is -2.37. The Morgan fingerprint density at radius 2 is 1.73 bits per heavy atom. The lowest BCUT2D eigenvalue weighted by molar-refractivity contribution is -0.236. The summed E-state index contributed by atoms with van der Waals surface area (Å²) in [6.07, 6.45) is -3.91. The molecule has 0 aliphatic carbocycles. The number of hydrogen-bond donors (Lipinski definition) is 4. The second-order valence-electron chi connectivity index (χ2n) is 2.79. The highest BCUT2D eigenvalue weighted by Crippen LogP contribution is 2.17. The zero-order valence-corrected chi connectivity index (χ0v) is 6.21. The molecule has 0 aromatic rings. The van der Waals surface area contributed by atoms with Crippen LogP contribution in [0.3, 0.4) is 0 Å². The van der Waals surface area contributed by atoms with Gasteiger partial charge < -0.3 is 25.8 Å². The summed E-state index contributed by atoms with van der Waals surface area (Å²) in [7, 11) is 0. The molecule has 0 bridgehead atoms. The van der Waals surface area contributed by atoms with Crippen LogP contribution in [0.5, 0.6) is 0 Å². The number of aliphatic hydroxyl groups excluding tert-OH is 3. The predicted molar refractivity (Wildman–Crippen MR) is 36.5 cm³/mol. The van der Waals surface area contributed by atoms with E-state index in [-0.39, 0.29) is 0 Å². The quantitative estimate of drug-likeness (QED) is 0.324. The molecule has 0 saturated carbocycles. The molecule has 5 nitrogen and oxygen atoms in total. The Balaban J connectivity index is 2.63. The third-order valence-electron chi connectivity index (χ3n) is 1.91. The van der Waals surface area contributed by atoms with Crippen molar-refractivity contribution in [1.29, 1.82) is 0 Å². The Morgan fingerprint density at radius 3 is 2.27 bits per heavy atom. The molecule has 1 rings (SSSR count). The van der Waals surface area contributed by atoms with Gasteiger partial charge in [-0.3, -0.25) is 0 Å². The molecule has 1 fully saturated rings. The molecule has 0 amide bonds. The van der Waals surface area contributed by atoms with Crippen LogP contribution in [0.4, 0.5) is 0 Å². The predicted octanol–water partition coefficient (Wildman–Crippen LogP) is -2.23. The van der Waals surface area contributed by atoms with Crippen LogP contribution in [0.2, 0.25) is 0 Å². The van der Waals surface area contributed by atoms with Crippen LogP contribution in [0, 0.1) is 0 Å². The number of ether oxygens (including phenoxy) is 1. The SMILES string of the molecule is C[C@@H]1OC(O)[C@H](N)[C@H](O)[C@H]1O. The molecule has 0 spiro atoms. The van der Waals surface area contributed by atoms with Gasteiger partial charge in [-0.25, -0.2) is 0 Å². The van der Waals surface area contributed by atoms with E-state index in [0.29, 0.717) is 0 Å². The Morgan fingerprint density at radius 1 is 1.18 bits per heavy atom. The third kappa shape index (κ3) is 1.52. The second-order valence-corrected chi connectivity index (χ2v) is 2.79. The number of nitrogens with two attached hydrogens (primary N) is 1. The van der Waals surface area contributed by atoms with Gasteiger partial charge in [0.2, 0.25) is 0 Å². The maximum Gasteiger partial charge on any atom is 0.172 e. The van der Waals surface area contributed by atoms with E-state index < -0.39 is 30.6 Å². The van der Waals surface area contributed by atoms with Gasteiger partial charge in [0, 0.05) is 0 Å². The van der Waals surface area contributed by atoms with Gasteiger partial charge in [-0.2, -0.15) is 0 Å². The first kappa shape index (κ1) is 8.89. The second kappa shape index (κ2) is 3.04. The lowest BCUT2D eigenvalue weighted by Crippen LogP contribution is -2.60. The fourth-order valence-corrected chi connectivity index (χ4v) is 1.07. The summed E-state index contributed by atoms with van der Waals surface area (Å²) in [6.45, 7) is 1.56. The van der Waals surface area contributed by atoms with E-state index in [2.05, 4.69) is 0 Å². The minimum Gasteiger partial charge on any atom is -0.388 e. The van der Waals surface area contributed by atoms with Crippen LogP contribution >= 0.6 is 0 Å². The molecular formula is C6H13NO4. The first-order valence-electron chi connectivity index (χ1n) is 3.49. The van der Waals surface area contributed by atoms with Crippen molar-refractivity contribution in [1.82, 2.24) is 0 Å². The number of aliphatic hydroxyl groups is 3. The monoisotopic (exact) mass is 163 g/mol. The fourth-order valence-electron chi connectivity index (χ4n) is 1.07. The minimum absolute atomic E-state index is 0.584. The van der Waals surface area contributed by atoms with Gasteiger partial charge in [-0.05, 0) is 6.92 Å². The van der Waals surface area contributed by atoms with Gasteiger partial charge in [0.05, 0.1) is 12.1 Å². The summed E-state index contributed by atoms with van der Waals surface area (Å²) < 4.78 is 4.80. The van der Waals surface area contributed by atoms with Gasteiger partial charge in [-0.1, -0.05) is 0 Å². The summed E-state index contributed by atoms with van der Waals surface area (Å²) in [5, 5.41) is 27.4. The first-order chi connectivity index (χ1) is 5.04. The zero-order chi connectivity index (χ0) is 8.59. The van der Waals surface area contributed by atoms with Crippen molar-refractivity contribution < 1.29 is 20.1 Å². The first-order valence-corrected chi connectivity index (χ1v) is 3.49. The van der Waals surface area contributed by atoms with Crippen molar-refractivity contribution in [2.75, 3.05) is 0 Å². The highest BCUT2D eigenvalue weighted by Gasteiger charge is 2.39. The zero-order valence-electron chi connectivity index (χ0n) is 6.21. The molecule has 1 aliphatic heterocycles. The Bertz CT molecular complexity index is 129. The molecule has 1 saturated heterocycles. The highest BCUT2D eigenvalue weighted by atomic mass is 16.6. The van der Waals surface area contributed by atoms with Crippen molar-refractivity contribution in [3.63, 3.8) is 0 Å². The van der Waals surface area contributed by atoms with Crippen LogP contribution in [0.1, 0.15) is 6.92 Å². The average molecular weight is 163 g/mol. The summed E-state index contributed by atoms with van der Waals surface area (Å²) in [4.78, 5) is 0. The Hall–Kier alpha value is -0.200.